The van der Waals surface area contributed by atoms with Crippen molar-refractivity contribution in [3.63, 3.8) is 0 Å². The van der Waals surface area contributed by atoms with Gasteiger partial charge < -0.3 is 5.32 Å². The van der Waals surface area contributed by atoms with E-state index in [0.29, 0.717) is 37.6 Å². The van der Waals surface area contributed by atoms with Crippen LogP contribution in [0.5, 0.6) is 0 Å². The van der Waals surface area contributed by atoms with Crippen molar-refractivity contribution in [3.8, 4) is 0 Å². The number of sulfonamides is 1. The normalized spacial score (nSPS) is 16.3. The van der Waals surface area contributed by atoms with Crippen molar-refractivity contribution < 1.29 is 17.6 Å². The van der Waals surface area contributed by atoms with Gasteiger partial charge in [-0.3, -0.25) is 9.69 Å². The van der Waals surface area contributed by atoms with E-state index in [4.69, 9.17) is 11.6 Å². The van der Waals surface area contributed by atoms with Gasteiger partial charge in [-0.05, 0) is 48.9 Å². The van der Waals surface area contributed by atoms with Crippen LogP contribution < -0.4 is 5.32 Å². The summed E-state index contributed by atoms with van der Waals surface area (Å²) in [5.41, 5.74) is 0.843. The van der Waals surface area contributed by atoms with Crippen molar-refractivity contribution >= 4 is 27.5 Å². The van der Waals surface area contributed by atoms with Crippen molar-refractivity contribution in [2.24, 2.45) is 0 Å². The first kappa shape index (κ1) is 21.7. The molecule has 29 heavy (non-hydrogen) atoms. The number of nitrogens with one attached hydrogen (secondary N) is 1. The van der Waals surface area contributed by atoms with Crippen LogP contribution in [0.1, 0.15) is 12.0 Å². The number of benzene rings is 2. The zero-order valence-electron chi connectivity index (χ0n) is 15.9. The van der Waals surface area contributed by atoms with Crippen LogP contribution in [0.3, 0.4) is 0 Å². The maximum absolute atomic E-state index is 13.1. The Labute approximate surface area is 175 Å². The fraction of sp³-hybridized carbons (Fsp3) is 0.350. The first-order valence-electron chi connectivity index (χ1n) is 9.34. The molecule has 156 valence electrons. The fourth-order valence-corrected chi connectivity index (χ4v) is 4.87. The second-order valence-electron chi connectivity index (χ2n) is 6.86. The van der Waals surface area contributed by atoms with Gasteiger partial charge in [0.25, 0.3) is 0 Å². The van der Waals surface area contributed by atoms with Crippen molar-refractivity contribution in [2.75, 3.05) is 32.7 Å². The molecule has 1 fully saturated rings. The molecule has 0 radical (unpaired) electrons. The lowest BCUT2D eigenvalue weighted by atomic mass is 10.2. The first-order valence-corrected chi connectivity index (χ1v) is 11.2. The van der Waals surface area contributed by atoms with E-state index in [2.05, 4.69) is 5.32 Å². The molecule has 0 aliphatic carbocycles. The van der Waals surface area contributed by atoms with Crippen LogP contribution in [0.15, 0.2) is 53.4 Å². The number of hydrogen-bond donors (Lipinski definition) is 1. The minimum atomic E-state index is -3.68. The predicted molar refractivity (Wildman–Crippen MR) is 110 cm³/mol. The molecule has 3 rings (SSSR count). The number of halogens is 2. The molecule has 0 aromatic heterocycles. The smallest absolute Gasteiger partial charge is 0.243 e. The summed E-state index contributed by atoms with van der Waals surface area (Å²) in [4.78, 5) is 14.3. The molecule has 0 saturated carbocycles. The molecule has 0 bridgehead atoms. The lowest BCUT2D eigenvalue weighted by Gasteiger charge is -2.21. The average molecular weight is 440 g/mol. The molecule has 1 N–H and O–H groups in total. The largest absolute Gasteiger partial charge is 0.351 e. The Morgan fingerprint density at radius 3 is 2.48 bits per heavy atom. The Hall–Kier alpha value is -2.00. The zero-order chi connectivity index (χ0) is 20.9. The highest BCUT2D eigenvalue weighted by molar-refractivity contribution is 7.89. The van der Waals surface area contributed by atoms with E-state index in [1.54, 1.807) is 6.07 Å². The quantitative estimate of drug-likeness (QED) is 0.750. The van der Waals surface area contributed by atoms with Gasteiger partial charge in [-0.1, -0.05) is 29.8 Å². The molecular formula is C20H23ClFN3O3S. The van der Waals surface area contributed by atoms with E-state index in [1.807, 2.05) is 23.1 Å². The molecule has 6 nitrogen and oxygen atoms in total. The SMILES string of the molecule is O=C(CN1CCCN(S(=O)(=O)c2ccc(F)cc2)CC1)NCc1ccccc1Cl. The molecule has 9 heteroatoms. The van der Waals surface area contributed by atoms with Gasteiger partial charge in [-0.25, -0.2) is 12.8 Å². The van der Waals surface area contributed by atoms with E-state index in [-0.39, 0.29) is 23.9 Å². The number of carbonyl (C=O) groups excluding carboxylic acids is 1. The van der Waals surface area contributed by atoms with E-state index in [9.17, 15) is 17.6 Å². The molecule has 1 aliphatic rings. The van der Waals surface area contributed by atoms with Crippen LogP contribution in [-0.2, 0) is 21.4 Å². The van der Waals surface area contributed by atoms with Gasteiger partial charge in [-0.2, -0.15) is 4.31 Å². The zero-order valence-corrected chi connectivity index (χ0v) is 17.4. The van der Waals surface area contributed by atoms with E-state index in [1.165, 1.54) is 16.4 Å². The third-order valence-electron chi connectivity index (χ3n) is 4.80. The Kier molecular flexibility index (Phi) is 7.23. The molecule has 0 spiro atoms. The van der Waals surface area contributed by atoms with Gasteiger partial charge >= 0.3 is 0 Å². The van der Waals surface area contributed by atoms with Crippen LogP contribution in [0, 0.1) is 5.82 Å². The maximum Gasteiger partial charge on any atom is 0.243 e. The summed E-state index contributed by atoms with van der Waals surface area (Å²) >= 11 is 6.09. The van der Waals surface area contributed by atoms with Crippen molar-refractivity contribution in [3.05, 3.63) is 64.9 Å². The highest BCUT2D eigenvalue weighted by Gasteiger charge is 2.27. The molecule has 0 unspecified atom stereocenters. The molecule has 2 aromatic carbocycles. The topological polar surface area (TPSA) is 69.7 Å². The van der Waals surface area contributed by atoms with Gasteiger partial charge in [-0.15, -0.1) is 0 Å². The van der Waals surface area contributed by atoms with Gasteiger partial charge in [0.15, 0.2) is 0 Å². The summed E-state index contributed by atoms with van der Waals surface area (Å²) in [5, 5.41) is 3.45. The Morgan fingerprint density at radius 2 is 1.76 bits per heavy atom. The standard InChI is InChI=1S/C20H23ClFN3O3S/c21-19-5-2-1-4-16(19)14-23-20(26)15-24-10-3-11-25(13-12-24)29(27,28)18-8-6-17(22)7-9-18/h1-2,4-9H,3,10-15H2,(H,23,26). The molecular weight excluding hydrogens is 417 g/mol. The Morgan fingerprint density at radius 1 is 1.03 bits per heavy atom. The third-order valence-corrected chi connectivity index (χ3v) is 7.08. The van der Waals surface area contributed by atoms with Crippen LogP contribution in [0.25, 0.3) is 0 Å². The number of nitrogens with zero attached hydrogens (tertiary/aromatic N) is 2. The molecule has 1 heterocycles. The lowest BCUT2D eigenvalue weighted by molar-refractivity contribution is -0.122. The molecule has 2 aromatic rings. The van der Waals surface area contributed by atoms with Crippen LogP contribution in [0.2, 0.25) is 5.02 Å². The predicted octanol–water partition coefficient (Wildman–Crippen LogP) is 2.49. The highest BCUT2D eigenvalue weighted by Crippen LogP contribution is 2.18. The average Bonchev–Trinajstić information content (AvgIpc) is 2.94. The number of rotatable bonds is 6. The second-order valence-corrected chi connectivity index (χ2v) is 9.20. The number of amides is 1. The lowest BCUT2D eigenvalue weighted by Crippen LogP contribution is -2.39. The second kappa shape index (κ2) is 9.67. The Balaban J connectivity index is 1.53. The summed E-state index contributed by atoms with van der Waals surface area (Å²) in [6, 6.07) is 12.1. The number of hydrogen-bond acceptors (Lipinski definition) is 4. The van der Waals surface area contributed by atoms with E-state index >= 15 is 0 Å². The van der Waals surface area contributed by atoms with E-state index in [0.717, 1.165) is 17.7 Å². The van der Waals surface area contributed by atoms with Gasteiger partial charge in [0.05, 0.1) is 11.4 Å². The molecule has 1 aliphatic heterocycles. The van der Waals surface area contributed by atoms with Crippen LogP contribution in [0.4, 0.5) is 4.39 Å². The first-order chi connectivity index (χ1) is 13.9. The summed E-state index contributed by atoms with van der Waals surface area (Å²) in [5.74, 6) is -0.617. The van der Waals surface area contributed by atoms with Crippen LogP contribution >= 0.6 is 11.6 Å². The van der Waals surface area contributed by atoms with Crippen LogP contribution in [-0.4, -0.2) is 56.3 Å². The molecule has 1 amide bonds. The van der Waals surface area contributed by atoms with Gasteiger partial charge in [0.2, 0.25) is 15.9 Å². The van der Waals surface area contributed by atoms with Gasteiger partial charge in [0, 0.05) is 31.2 Å². The highest BCUT2D eigenvalue weighted by atomic mass is 35.5. The molecule has 0 atom stereocenters. The minimum absolute atomic E-state index is 0.0739. The summed E-state index contributed by atoms with van der Waals surface area (Å²) in [6.07, 6.45) is 0.609. The fourth-order valence-electron chi connectivity index (χ4n) is 3.20. The van der Waals surface area contributed by atoms with E-state index < -0.39 is 15.8 Å². The number of carbonyl (C=O) groups is 1. The summed E-state index contributed by atoms with van der Waals surface area (Å²) < 4.78 is 40.0. The van der Waals surface area contributed by atoms with Crippen molar-refractivity contribution in [1.29, 1.82) is 0 Å². The maximum atomic E-state index is 13.1. The summed E-state index contributed by atoms with van der Waals surface area (Å²) in [6.45, 7) is 2.23. The van der Waals surface area contributed by atoms with Crippen molar-refractivity contribution in [2.45, 2.75) is 17.9 Å². The summed E-state index contributed by atoms with van der Waals surface area (Å²) in [7, 11) is -3.68. The molecule has 1 saturated heterocycles. The third kappa shape index (κ3) is 5.76. The monoisotopic (exact) mass is 439 g/mol. The minimum Gasteiger partial charge on any atom is -0.351 e. The van der Waals surface area contributed by atoms with Gasteiger partial charge in [0.1, 0.15) is 5.82 Å². The van der Waals surface area contributed by atoms with Crippen molar-refractivity contribution in [1.82, 2.24) is 14.5 Å². The Bertz CT molecular complexity index is 954.